The molecule has 3 rings (SSSR count). The lowest BCUT2D eigenvalue weighted by molar-refractivity contribution is 0.188. The zero-order valence-electron chi connectivity index (χ0n) is 17.6. The molecule has 0 saturated carbocycles. The van der Waals surface area contributed by atoms with Gasteiger partial charge in [0.1, 0.15) is 11.5 Å². The van der Waals surface area contributed by atoms with Gasteiger partial charge in [-0.05, 0) is 54.6 Å². The quantitative estimate of drug-likeness (QED) is 0.254. The first-order valence-electron chi connectivity index (χ1n) is 9.67. The van der Waals surface area contributed by atoms with Crippen molar-refractivity contribution in [3.8, 4) is 35.0 Å². The van der Waals surface area contributed by atoms with Crippen LogP contribution in [0.1, 0.15) is 11.5 Å². The summed E-state index contributed by atoms with van der Waals surface area (Å²) in [5.74, 6) is 2.18. The van der Waals surface area contributed by atoms with E-state index in [4.69, 9.17) is 37.2 Å². The van der Waals surface area contributed by atoms with Crippen molar-refractivity contribution in [1.29, 1.82) is 10.5 Å². The highest BCUT2D eigenvalue weighted by Gasteiger charge is 2.16. The van der Waals surface area contributed by atoms with Gasteiger partial charge in [0.05, 0.1) is 43.3 Å². The largest absolute Gasteiger partial charge is 0.456 e. The number of hydrogen-bond acceptors (Lipinski definition) is 5. The maximum absolute atomic E-state index is 8.95. The van der Waals surface area contributed by atoms with Crippen molar-refractivity contribution in [2.45, 2.75) is 6.54 Å². The molecule has 0 aliphatic carbocycles. The Morgan fingerprint density at radius 3 is 2.15 bits per heavy atom. The van der Waals surface area contributed by atoms with Gasteiger partial charge in [-0.25, -0.2) is 20.2 Å². The predicted molar refractivity (Wildman–Crippen MR) is 121 cm³/mol. The molecule has 0 unspecified atom stereocenters. The first-order chi connectivity index (χ1) is 16.1. The van der Waals surface area contributed by atoms with Crippen molar-refractivity contribution in [3.05, 3.63) is 94.3 Å². The lowest BCUT2D eigenvalue weighted by Gasteiger charge is -2.10. The Bertz CT molecular complexity index is 1370. The fourth-order valence-electron chi connectivity index (χ4n) is 3.03. The first kappa shape index (κ1) is 22.7. The van der Waals surface area contributed by atoms with Crippen molar-refractivity contribution in [2.24, 2.45) is 0 Å². The Hall–Kier alpha value is -5.02. The van der Waals surface area contributed by atoms with Crippen LogP contribution < -0.4 is 0 Å². The molecule has 33 heavy (non-hydrogen) atoms. The van der Waals surface area contributed by atoms with Crippen LogP contribution in [0.3, 0.4) is 0 Å². The number of hydrogen-bond donors (Lipinski definition) is 0. The fraction of sp³-hybridized carbons (Fsp3) is 0.120. The maximum Gasteiger partial charge on any atom is 0.265 e. The van der Waals surface area contributed by atoms with E-state index in [0.29, 0.717) is 36.2 Å². The molecule has 0 aliphatic rings. The lowest BCUT2D eigenvalue weighted by atomic mass is 10.3. The van der Waals surface area contributed by atoms with E-state index in [1.807, 2.05) is 28.8 Å². The molecule has 0 aromatic carbocycles. The summed E-state index contributed by atoms with van der Waals surface area (Å²) in [6.45, 7) is 14.9. The van der Waals surface area contributed by atoms with Gasteiger partial charge in [0.25, 0.3) is 11.4 Å². The minimum atomic E-state index is -0.0596. The zero-order valence-corrected chi connectivity index (χ0v) is 17.6. The monoisotopic (exact) mass is 435 g/mol. The second-order valence-electron chi connectivity index (χ2n) is 6.54. The molecule has 3 aromatic heterocycles. The van der Waals surface area contributed by atoms with E-state index < -0.39 is 0 Å². The molecular formula is C25H17N5O3. The van der Waals surface area contributed by atoms with Gasteiger partial charge in [0.15, 0.2) is 11.5 Å². The van der Waals surface area contributed by atoms with Crippen molar-refractivity contribution >= 4 is 12.2 Å². The molecule has 0 spiro atoms. The van der Waals surface area contributed by atoms with E-state index >= 15 is 0 Å². The molecule has 8 nitrogen and oxygen atoms in total. The van der Waals surface area contributed by atoms with E-state index in [1.165, 1.54) is 12.2 Å². The van der Waals surface area contributed by atoms with E-state index in [2.05, 4.69) is 9.69 Å². The van der Waals surface area contributed by atoms with E-state index in [1.54, 1.807) is 43.5 Å². The highest BCUT2D eigenvalue weighted by Crippen LogP contribution is 2.32. The molecule has 0 N–H and O–H groups in total. The molecule has 0 radical (unpaired) electrons. The number of aromatic nitrogens is 1. The summed E-state index contributed by atoms with van der Waals surface area (Å²) in [7, 11) is 1.62. The zero-order chi connectivity index (χ0) is 23.6. The number of methoxy groups -OCH3 is 1. The summed E-state index contributed by atoms with van der Waals surface area (Å²) >= 11 is 0. The second-order valence-corrected chi connectivity index (χ2v) is 6.54. The Morgan fingerprint density at radius 2 is 1.58 bits per heavy atom. The summed E-state index contributed by atoms with van der Waals surface area (Å²) in [5, 5.41) is 17.8. The lowest BCUT2D eigenvalue weighted by Crippen LogP contribution is -2.06. The molecule has 0 atom stereocenters. The fourth-order valence-corrected chi connectivity index (χ4v) is 3.03. The smallest absolute Gasteiger partial charge is 0.265 e. The van der Waals surface area contributed by atoms with Gasteiger partial charge in [-0.15, -0.1) is 0 Å². The van der Waals surface area contributed by atoms with Gasteiger partial charge in [-0.2, -0.15) is 0 Å². The molecule has 160 valence electrons. The predicted octanol–water partition coefficient (Wildman–Crippen LogP) is 5.78. The molecule has 8 heteroatoms. The molecule has 0 aliphatic heterocycles. The van der Waals surface area contributed by atoms with Crippen LogP contribution in [0.5, 0.6) is 0 Å². The van der Waals surface area contributed by atoms with Crippen molar-refractivity contribution < 1.29 is 13.6 Å². The number of nitrogens with zero attached hydrogens (tertiary/aromatic N) is 5. The molecular weight excluding hydrogens is 418 g/mol. The highest BCUT2D eigenvalue weighted by molar-refractivity contribution is 5.67. The highest BCUT2D eigenvalue weighted by atomic mass is 16.5. The number of rotatable bonds is 8. The summed E-state index contributed by atoms with van der Waals surface area (Å²) in [5.41, 5.74) is 1.52. The summed E-state index contributed by atoms with van der Waals surface area (Å²) in [4.78, 5) is 6.24. The van der Waals surface area contributed by atoms with Gasteiger partial charge in [0.2, 0.25) is 0 Å². The second kappa shape index (κ2) is 10.8. The average Bonchev–Trinajstić information content (AvgIpc) is 3.58. The average molecular weight is 435 g/mol. The number of allylic oxidation sites excluding steroid dienone is 4. The van der Waals surface area contributed by atoms with E-state index in [0.717, 1.165) is 11.4 Å². The van der Waals surface area contributed by atoms with Crippen LogP contribution in [-0.2, 0) is 11.3 Å². The summed E-state index contributed by atoms with van der Waals surface area (Å²) in [6, 6.07) is 14.5. The molecule has 0 fully saturated rings. The van der Waals surface area contributed by atoms with Crippen molar-refractivity contribution in [2.75, 3.05) is 13.7 Å². The Labute approximate surface area is 190 Å². The molecule has 0 saturated heterocycles. The van der Waals surface area contributed by atoms with Gasteiger partial charge < -0.3 is 18.1 Å². The third-order valence-corrected chi connectivity index (χ3v) is 4.52. The van der Waals surface area contributed by atoms with E-state index in [9.17, 15) is 0 Å². The van der Waals surface area contributed by atoms with Crippen LogP contribution in [-0.4, -0.2) is 18.3 Å². The van der Waals surface area contributed by atoms with Crippen molar-refractivity contribution in [3.63, 3.8) is 0 Å². The minimum Gasteiger partial charge on any atom is -0.456 e. The Balaban J connectivity index is 1.94. The third kappa shape index (κ3) is 5.37. The third-order valence-electron chi connectivity index (χ3n) is 4.52. The molecule has 3 heterocycles. The number of ether oxygens (including phenoxy) is 1. The summed E-state index contributed by atoms with van der Waals surface area (Å²) in [6.07, 6.45) is 6.07. The van der Waals surface area contributed by atoms with Gasteiger partial charge in [-0.1, -0.05) is 6.08 Å². The molecule has 3 aromatic rings. The minimum absolute atomic E-state index is 0.0120. The summed E-state index contributed by atoms with van der Waals surface area (Å²) < 4.78 is 19.0. The van der Waals surface area contributed by atoms with Crippen LogP contribution in [0.25, 0.3) is 44.8 Å². The Morgan fingerprint density at radius 1 is 0.970 bits per heavy atom. The number of furan rings is 2. The van der Waals surface area contributed by atoms with E-state index in [-0.39, 0.29) is 11.4 Å². The van der Waals surface area contributed by atoms with Gasteiger partial charge in [0, 0.05) is 13.7 Å². The normalized spacial score (nSPS) is 11.7. The topological polar surface area (TPSA) is 96.7 Å². The van der Waals surface area contributed by atoms with Crippen LogP contribution in [0, 0.1) is 35.8 Å². The van der Waals surface area contributed by atoms with Crippen LogP contribution in [0.15, 0.2) is 68.8 Å². The van der Waals surface area contributed by atoms with Gasteiger partial charge in [-0.3, -0.25) is 0 Å². The first-order valence-corrected chi connectivity index (χ1v) is 9.67. The maximum atomic E-state index is 8.95. The molecule has 0 bridgehead atoms. The number of nitriles is 2. The van der Waals surface area contributed by atoms with Crippen LogP contribution in [0.4, 0.5) is 0 Å². The van der Waals surface area contributed by atoms with Gasteiger partial charge >= 0.3 is 0 Å². The SMILES string of the molecule is [C-]#[N+]/C(C#N)=C\C=C\c1ccc(-c2ccc(-c3ccc(/C=C(\C#N)[N+]#[C-])o3)n2CCOC)o1. The molecule has 0 amide bonds. The van der Waals surface area contributed by atoms with Crippen LogP contribution >= 0.6 is 0 Å². The van der Waals surface area contributed by atoms with Crippen molar-refractivity contribution in [1.82, 2.24) is 4.57 Å². The standard InChI is InChI=1S/C25H17N5O3/c1-28-18(16-26)5-4-6-20-7-11-24(32-20)22-9-10-23(30(22)13-14-31-3)25-12-8-21(33-25)15-19(17-27)29-2/h4-12,15H,13-14H2,3H3/b6-4+,18-5-,19-15+. The Kier molecular flexibility index (Phi) is 7.45. The van der Waals surface area contributed by atoms with Crippen LogP contribution in [0.2, 0.25) is 0 Å².